The fraction of sp³-hybridized carbons (Fsp3) is 0.625. The van der Waals surface area contributed by atoms with E-state index in [-0.39, 0.29) is 18.2 Å². The summed E-state index contributed by atoms with van der Waals surface area (Å²) < 4.78 is 12.9. The van der Waals surface area contributed by atoms with Gasteiger partial charge in [-0.2, -0.15) is 0 Å². The van der Waals surface area contributed by atoms with Crippen molar-refractivity contribution < 1.29 is 9.47 Å². The minimum absolute atomic E-state index is 0.00251. The van der Waals surface area contributed by atoms with E-state index in [1.165, 1.54) is 12.8 Å². The third-order valence-electron chi connectivity index (χ3n) is 3.81. The van der Waals surface area contributed by atoms with Crippen molar-refractivity contribution in [2.75, 3.05) is 13.2 Å². The molecule has 3 nitrogen and oxygen atoms in total. The number of benzene rings is 1. The lowest BCUT2D eigenvalue weighted by Crippen LogP contribution is -2.33. The number of nitrogens with two attached hydrogens (primary N) is 1. The molecular formula is C16H24BrNO2. The zero-order valence-electron chi connectivity index (χ0n) is 12.1. The first-order chi connectivity index (χ1) is 9.72. The average Bonchev–Trinajstić information content (AvgIpc) is 2.50. The minimum atomic E-state index is -0.0823. The van der Waals surface area contributed by atoms with Crippen LogP contribution in [0.25, 0.3) is 0 Å². The van der Waals surface area contributed by atoms with Crippen LogP contribution >= 0.6 is 15.9 Å². The van der Waals surface area contributed by atoms with Gasteiger partial charge in [0.05, 0.1) is 18.8 Å². The molecule has 0 aliphatic carbocycles. The van der Waals surface area contributed by atoms with Gasteiger partial charge in [0.25, 0.3) is 0 Å². The van der Waals surface area contributed by atoms with Crippen LogP contribution in [-0.2, 0) is 9.47 Å². The highest BCUT2D eigenvalue weighted by Crippen LogP contribution is 2.29. The molecule has 2 N–H and O–H groups in total. The van der Waals surface area contributed by atoms with Crippen LogP contribution in [0.5, 0.6) is 0 Å². The molecule has 1 aromatic rings. The second-order valence-electron chi connectivity index (χ2n) is 5.34. The molecule has 0 radical (unpaired) electrons. The molecule has 0 saturated carbocycles. The van der Waals surface area contributed by atoms with E-state index in [4.69, 9.17) is 15.2 Å². The Morgan fingerprint density at radius 2 is 2.20 bits per heavy atom. The largest absolute Gasteiger partial charge is 0.376 e. The van der Waals surface area contributed by atoms with Crippen LogP contribution in [0.4, 0.5) is 0 Å². The van der Waals surface area contributed by atoms with Crippen LogP contribution in [0.2, 0.25) is 0 Å². The lowest BCUT2D eigenvalue weighted by molar-refractivity contribution is -0.0696. The van der Waals surface area contributed by atoms with Gasteiger partial charge in [-0.05, 0) is 37.3 Å². The summed E-state index contributed by atoms with van der Waals surface area (Å²) in [6.45, 7) is 3.57. The number of hydrogen-bond acceptors (Lipinski definition) is 3. The van der Waals surface area contributed by atoms with Gasteiger partial charge in [-0.1, -0.05) is 41.1 Å². The van der Waals surface area contributed by atoms with E-state index in [9.17, 15) is 0 Å². The molecule has 4 heteroatoms. The summed E-state index contributed by atoms with van der Waals surface area (Å²) >= 11 is 3.59. The first-order valence-electron chi connectivity index (χ1n) is 7.45. The van der Waals surface area contributed by atoms with Crippen molar-refractivity contribution >= 4 is 15.9 Å². The SMILES string of the molecule is CCC(N)C(OCC1CCCCO1)c1ccccc1Br. The zero-order valence-corrected chi connectivity index (χ0v) is 13.6. The van der Waals surface area contributed by atoms with E-state index in [1.807, 2.05) is 18.2 Å². The topological polar surface area (TPSA) is 44.5 Å². The van der Waals surface area contributed by atoms with Gasteiger partial charge in [-0.3, -0.25) is 0 Å². The maximum Gasteiger partial charge on any atom is 0.0987 e. The zero-order chi connectivity index (χ0) is 14.4. The van der Waals surface area contributed by atoms with Gasteiger partial charge >= 0.3 is 0 Å². The van der Waals surface area contributed by atoms with Crippen molar-refractivity contribution in [1.82, 2.24) is 0 Å². The molecule has 0 amide bonds. The van der Waals surface area contributed by atoms with Gasteiger partial charge in [0.1, 0.15) is 0 Å². The van der Waals surface area contributed by atoms with Crippen LogP contribution < -0.4 is 5.73 Å². The predicted octanol–water partition coefficient (Wildman–Crippen LogP) is 3.81. The van der Waals surface area contributed by atoms with Crippen LogP contribution in [-0.4, -0.2) is 25.4 Å². The Balaban J connectivity index is 2.02. The molecule has 1 aliphatic heterocycles. The number of ether oxygens (including phenoxy) is 2. The van der Waals surface area contributed by atoms with Gasteiger partial charge in [-0.25, -0.2) is 0 Å². The van der Waals surface area contributed by atoms with Gasteiger partial charge in [0.2, 0.25) is 0 Å². The van der Waals surface area contributed by atoms with Crippen LogP contribution in [0.1, 0.15) is 44.3 Å². The van der Waals surface area contributed by atoms with Crippen molar-refractivity contribution in [1.29, 1.82) is 0 Å². The molecule has 112 valence electrons. The predicted molar refractivity (Wildman–Crippen MR) is 84.7 cm³/mol. The molecule has 2 rings (SSSR count). The van der Waals surface area contributed by atoms with Crippen LogP contribution in [0, 0.1) is 0 Å². The Morgan fingerprint density at radius 1 is 1.40 bits per heavy atom. The average molecular weight is 342 g/mol. The molecule has 1 fully saturated rings. The van der Waals surface area contributed by atoms with Gasteiger partial charge in [0.15, 0.2) is 0 Å². The lowest BCUT2D eigenvalue weighted by Gasteiger charge is -2.28. The summed E-state index contributed by atoms with van der Waals surface area (Å²) in [7, 11) is 0. The number of rotatable bonds is 6. The highest BCUT2D eigenvalue weighted by atomic mass is 79.9. The quantitative estimate of drug-likeness (QED) is 0.855. The fourth-order valence-corrected chi connectivity index (χ4v) is 3.02. The van der Waals surface area contributed by atoms with Crippen molar-refractivity contribution in [3.8, 4) is 0 Å². The second kappa shape index (κ2) is 8.13. The Hall–Kier alpha value is -0.420. The van der Waals surface area contributed by atoms with Crippen molar-refractivity contribution in [2.45, 2.75) is 50.9 Å². The highest BCUT2D eigenvalue weighted by Gasteiger charge is 2.23. The molecule has 0 spiro atoms. The molecule has 0 bridgehead atoms. The van der Waals surface area contributed by atoms with Gasteiger partial charge < -0.3 is 15.2 Å². The van der Waals surface area contributed by atoms with Gasteiger partial charge in [-0.15, -0.1) is 0 Å². The van der Waals surface area contributed by atoms with E-state index in [2.05, 4.69) is 28.9 Å². The highest BCUT2D eigenvalue weighted by molar-refractivity contribution is 9.10. The van der Waals surface area contributed by atoms with Gasteiger partial charge in [0, 0.05) is 17.1 Å². The van der Waals surface area contributed by atoms with Crippen molar-refractivity contribution in [2.24, 2.45) is 5.73 Å². The standard InChI is InChI=1S/C16H24BrNO2/c1-2-15(18)16(13-8-3-4-9-14(13)17)20-11-12-7-5-6-10-19-12/h3-4,8-9,12,15-16H,2,5-7,10-11,18H2,1H3. The molecule has 1 heterocycles. The first kappa shape index (κ1) is 16.0. The van der Waals surface area contributed by atoms with E-state index in [1.54, 1.807) is 0 Å². The Kier molecular flexibility index (Phi) is 6.49. The molecule has 1 saturated heterocycles. The smallest absolute Gasteiger partial charge is 0.0987 e. The summed E-state index contributed by atoms with van der Waals surface area (Å²) in [5.41, 5.74) is 7.37. The van der Waals surface area contributed by atoms with E-state index in [0.717, 1.165) is 29.5 Å². The monoisotopic (exact) mass is 341 g/mol. The molecule has 3 unspecified atom stereocenters. The lowest BCUT2D eigenvalue weighted by atomic mass is 10.0. The summed E-state index contributed by atoms with van der Waals surface area (Å²) in [5, 5.41) is 0. The molecule has 20 heavy (non-hydrogen) atoms. The van der Waals surface area contributed by atoms with Crippen LogP contribution in [0.15, 0.2) is 28.7 Å². The maximum absolute atomic E-state index is 6.25. The Labute approximate surface area is 130 Å². The molecular weight excluding hydrogens is 318 g/mol. The third kappa shape index (κ3) is 4.29. The Bertz CT molecular complexity index is 407. The minimum Gasteiger partial charge on any atom is -0.376 e. The summed E-state index contributed by atoms with van der Waals surface area (Å²) in [6, 6.07) is 8.14. The summed E-state index contributed by atoms with van der Waals surface area (Å²) in [4.78, 5) is 0. The van der Waals surface area contributed by atoms with E-state index in [0.29, 0.717) is 6.61 Å². The van der Waals surface area contributed by atoms with Crippen molar-refractivity contribution in [3.05, 3.63) is 34.3 Å². The van der Waals surface area contributed by atoms with Crippen LogP contribution in [0.3, 0.4) is 0 Å². The second-order valence-corrected chi connectivity index (χ2v) is 6.19. The van der Waals surface area contributed by atoms with E-state index < -0.39 is 0 Å². The number of hydrogen-bond donors (Lipinski definition) is 1. The summed E-state index contributed by atoms with van der Waals surface area (Å²) in [5.74, 6) is 0. The first-order valence-corrected chi connectivity index (χ1v) is 8.25. The normalized spacial score (nSPS) is 22.4. The molecule has 3 atom stereocenters. The third-order valence-corrected chi connectivity index (χ3v) is 4.53. The Morgan fingerprint density at radius 3 is 2.85 bits per heavy atom. The molecule has 1 aromatic carbocycles. The number of halogens is 1. The van der Waals surface area contributed by atoms with Crippen molar-refractivity contribution in [3.63, 3.8) is 0 Å². The molecule has 1 aliphatic rings. The molecule has 0 aromatic heterocycles. The summed E-state index contributed by atoms with van der Waals surface area (Å²) in [6.07, 6.45) is 4.51. The fourth-order valence-electron chi connectivity index (χ4n) is 2.51. The van der Waals surface area contributed by atoms with E-state index >= 15 is 0 Å². The maximum atomic E-state index is 6.25.